The lowest BCUT2D eigenvalue weighted by molar-refractivity contribution is -0.152. The molecule has 0 bridgehead atoms. The van der Waals surface area contributed by atoms with Gasteiger partial charge in [0, 0.05) is 0 Å². The third-order valence-electron chi connectivity index (χ3n) is 10.7. The second-order valence-electron chi connectivity index (χ2n) is 17.5. The third kappa shape index (κ3) is 14.7. The van der Waals surface area contributed by atoms with Crippen LogP contribution in [0.25, 0.3) is 0 Å². The molecule has 25 nitrogen and oxygen atoms in total. The summed E-state index contributed by atoms with van der Waals surface area (Å²) in [7, 11) is -9.14. The number of aliphatic hydroxyl groups is 2. The van der Waals surface area contributed by atoms with Crippen LogP contribution in [-0.4, -0.2) is 120 Å². The molecule has 0 saturated carbocycles. The fourth-order valence-electron chi connectivity index (χ4n) is 6.91. The molecule has 8 N–H and O–H groups in total. The highest BCUT2D eigenvalue weighted by atomic mass is 31.2. The van der Waals surface area contributed by atoms with Crippen LogP contribution in [0.15, 0.2) is 92.2 Å². The number of halogens is 1. The number of nitrogens with two attached hydrogens (primary N) is 2. The van der Waals surface area contributed by atoms with Gasteiger partial charge in [-0.25, -0.2) is 18.7 Å². The van der Waals surface area contributed by atoms with Gasteiger partial charge in [0.1, 0.15) is 42.1 Å². The van der Waals surface area contributed by atoms with Gasteiger partial charge in [0.25, 0.3) is 11.1 Å². The molecule has 0 spiro atoms. The predicted octanol–water partition coefficient (Wildman–Crippen LogP) is 1.54. The van der Waals surface area contributed by atoms with Crippen LogP contribution in [0.3, 0.4) is 0 Å². The smallest absolute Gasteiger partial charge is 0.380 e. The Balaban J connectivity index is 0.000000291. The van der Waals surface area contributed by atoms with Gasteiger partial charge in [0.15, 0.2) is 23.5 Å². The summed E-state index contributed by atoms with van der Waals surface area (Å²) in [6.45, 7) is 2.95. The third-order valence-corrected chi connectivity index (χ3v) is 14.4. The molecule has 0 radical (unpaired) electrons. The van der Waals surface area contributed by atoms with Crippen molar-refractivity contribution in [2.45, 2.75) is 102 Å². The highest BCUT2D eigenvalue weighted by Gasteiger charge is 2.57. The van der Waals surface area contributed by atoms with E-state index in [4.69, 9.17) is 66.8 Å². The van der Waals surface area contributed by atoms with Gasteiger partial charge in [-0.15, -0.1) is 12.8 Å². The molecule has 2 aliphatic rings. The van der Waals surface area contributed by atoms with E-state index >= 15 is 0 Å². The van der Waals surface area contributed by atoms with Crippen molar-refractivity contribution >= 4 is 27.1 Å². The number of esters is 2. The van der Waals surface area contributed by atoms with Gasteiger partial charge in [-0.3, -0.25) is 42.8 Å². The van der Waals surface area contributed by atoms with Crippen LogP contribution in [0.1, 0.15) is 59.5 Å². The molecule has 75 heavy (non-hydrogen) atoms. The van der Waals surface area contributed by atoms with E-state index in [0.717, 1.165) is 6.20 Å². The maximum atomic E-state index is 14.0. The quantitative estimate of drug-likeness (QED) is 0.0415. The van der Waals surface area contributed by atoms with Crippen molar-refractivity contribution in [3.8, 4) is 36.2 Å². The Morgan fingerprint density at radius 3 is 1.61 bits per heavy atom. The second-order valence-corrected chi connectivity index (χ2v) is 21.4. The number of aromatic nitrogens is 5. The normalized spacial score (nSPS) is 26.7. The number of nitrogens with zero attached hydrogens (tertiary/aromatic N) is 3. The minimum Gasteiger partial charge on any atom is -0.463 e. The molecule has 2 aliphatic heterocycles. The van der Waals surface area contributed by atoms with E-state index < -0.39 is 153 Å². The second kappa shape index (κ2) is 24.9. The number of H-pyrrole nitrogens is 2. The SMILES string of the molecule is [2H]C([2H])(O[P@@](=O)(C[C@@H](C)C(=O)OC(C)C)Oc1ccccc1)[C@H]1O[C@@H](n2cc(F)c(=O)[nH]c2=O)C(N)(C#C)[C@H]1O.[2H]C([2H])(O[P@@](=O)(C[C@@H](C)C(=O)OC(C)C)Oc1ccccc1)[C@H]1O[C@@H](n2ncc(=O)[nH]c2=O)C(N)(C#C)[C@H]1O. The van der Waals surface area contributed by atoms with E-state index in [1.807, 2.05) is 10.9 Å². The van der Waals surface area contributed by atoms with Gasteiger partial charge in [-0.2, -0.15) is 14.2 Å². The maximum Gasteiger partial charge on any atom is 0.380 e. The van der Waals surface area contributed by atoms with Gasteiger partial charge in [0.05, 0.1) is 61.2 Å². The number of benzene rings is 2. The highest BCUT2D eigenvalue weighted by Crippen LogP contribution is 2.52. The summed E-state index contributed by atoms with van der Waals surface area (Å²) < 4.78 is 120. The zero-order valence-corrected chi connectivity index (χ0v) is 42.8. The maximum absolute atomic E-state index is 14.0. The number of ether oxygens (including phenoxy) is 4. The topological polar surface area (TPSA) is 357 Å². The van der Waals surface area contributed by atoms with E-state index in [2.05, 4.69) is 11.0 Å². The first-order valence-corrected chi connectivity index (χ1v) is 26.0. The van der Waals surface area contributed by atoms with Crippen molar-refractivity contribution in [2.75, 3.05) is 25.4 Å². The van der Waals surface area contributed by atoms with Crippen molar-refractivity contribution in [3.63, 3.8) is 0 Å². The van der Waals surface area contributed by atoms with Crippen molar-refractivity contribution in [2.24, 2.45) is 23.3 Å². The summed E-state index contributed by atoms with van der Waals surface area (Å²) in [6, 6.07) is 15.3. The lowest BCUT2D eigenvalue weighted by atomic mass is 9.92. The van der Waals surface area contributed by atoms with E-state index in [1.165, 1.54) is 38.1 Å². The van der Waals surface area contributed by atoms with Gasteiger partial charge >= 0.3 is 38.5 Å². The summed E-state index contributed by atoms with van der Waals surface area (Å²) in [5.74, 6) is -0.865. The summed E-state index contributed by atoms with van der Waals surface area (Å²) in [6.07, 6.45) is -2.01. The van der Waals surface area contributed by atoms with Crippen LogP contribution in [0.4, 0.5) is 4.39 Å². The molecule has 2 aromatic carbocycles. The van der Waals surface area contributed by atoms with Gasteiger partial charge < -0.3 is 49.7 Å². The number of hydrogen-bond donors (Lipinski definition) is 6. The molecule has 2 saturated heterocycles. The minimum atomic E-state index is -4.60. The molecular formula is C47H58FN7O18P2. The summed E-state index contributed by atoms with van der Waals surface area (Å²) >= 11 is 0. The Hall–Kier alpha value is -6.54. The molecule has 4 aromatic rings. The number of hydrogen-bond acceptors (Lipinski definition) is 21. The first-order valence-electron chi connectivity index (χ1n) is 24.5. The lowest BCUT2D eigenvalue weighted by Gasteiger charge is -2.27. The van der Waals surface area contributed by atoms with Crippen LogP contribution in [0.2, 0.25) is 0 Å². The zero-order chi connectivity index (χ0) is 59.2. The number of carbonyl (C=O) groups excluding carboxylic acids is 2. The molecule has 4 heterocycles. The fourth-order valence-corrected chi connectivity index (χ4v) is 10.3. The Morgan fingerprint density at radius 1 is 0.773 bits per heavy atom. The lowest BCUT2D eigenvalue weighted by Crippen LogP contribution is -2.55. The molecule has 28 heteroatoms. The number of aliphatic hydroxyl groups excluding tert-OH is 2. The molecule has 0 amide bonds. The van der Waals surface area contributed by atoms with Crippen LogP contribution >= 0.6 is 15.2 Å². The first-order chi connectivity index (χ1) is 36.6. The average Bonchev–Trinajstić information content (AvgIpc) is 3.83. The van der Waals surface area contributed by atoms with Gasteiger partial charge in [-0.1, -0.05) is 62.1 Å². The van der Waals surface area contributed by atoms with E-state index in [0.29, 0.717) is 15.4 Å². The van der Waals surface area contributed by atoms with E-state index in [-0.39, 0.29) is 11.5 Å². The standard InChI is InChI=1S/C24H29FN3O9P.C23H29N4O9P/c1-5-24(26)19(29)18(36-22(24)28-11-17(25)20(30)27-23(28)32)12-34-38(33,37-16-9-7-6-8-10-16)13-15(4)21(31)35-14(2)3;1-5-23(24)19(29)17(35-21(23)27-22(31)26-18(28)11-25-27)12-33-37(32,36-16-9-7-6-8-10-16)13-15(4)20(30)34-14(2)3/h1,6-11,14-15,18-19,22,29H,12-13,26H2,2-4H3,(H,27,30,32);1,6-11,14-15,17,19,21,29H,12-13,24H2,2-4H3,(H,26,28,31)/t15-,18-,19+,22-,24?,38+;15-,17-,19+,21-,23?,37+/m11/s1/i2*12D2. The van der Waals surface area contributed by atoms with Crippen LogP contribution in [-0.2, 0) is 46.7 Å². The molecule has 2 fully saturated rings. The predicted molar refractivity (Wildman–Crippen MR) is 264 cm³/mol. The average molecular weight is 1090 g/mol. The molecule has 406 valence electrons. The summed E-state index contributed by atoms with van der Waals surface area (Å²) in [5, 5.41) is 25.5. The van der Waals surface area contributed by atoms with Gasteiger partial charge in [0.2, 0.25) is 5.82 Å². The number of nitrogens with one attached hydrogen (secondary N) is 2. The number of carbonyl (C=O) groups is 2. The molecule has 2 unspecified atom stereocenters. The highest BCUT2D eigenvalue weighted by molar-refractivity contribution is 7.54. The minimum absolute atomic E-state index is 0.0175. The number of para-hydroxylation sites is 2. The molecule has 6 rings (SSSR count). The van der Waals surface area contributed by atoms with Crippen LogP contribution in [0.5, 0.6) is 11.5 Å². The Bertz CT molecular complexity index is 3270. The first kappa shape index (κ1) is 53.3. The Labute approximate surface area is 433 Å². The van der Waals surface area contributed by atoms with E-state index in [1.54, 1.807) is 69.1 Å². The number of rotatable bonds is 20. The molecule has 2 aromatic heterocycles. The van der Waals surface area contributed by atoms with Crippen molar-refractivity contribution in [1.29, 1.82) is 0 Å². The van der Waals surface area contributed by atoms with Crippen LogP contribution < -0.4 is 43.0 Å². The summed E-state index contributed by atoms with van der Waals surface area (Å²) in [4.78, 5) is 76.0. The largest absolute Gasteiger partial charge is 0.463 e. The number of terminal acetylenes is 2. The Kier molecular flexibility index (Phi) is 17.7. The van der Waals surface area contributed by atoms with E-state index in [9.17, 15) is 52.5 Å². The molecule has 0 aliphatic carbocycles. The van der Waals surface area contributed by atoms with Crippen molar-refractivity contribution in [1.82, 2.24) is 24.3 Å². The fraction of sp³-hybridized carbons (Fsp3) is 0.468. The zero-order valence-electron chi connectivity index (χ0n) is 45.0. The molecular weight excluding hydrogens is 1030 g/mol. The molecule has 12 atom stereocenters. The number of aromatic amines is 2. The summed E-state index contributed by atoms with van der Waals surface area (Å²) in [5.41, 5.74) is 3.16. The van der Waals surface area contributed by atoms with Crippen molar-refractivity contribution < 1.29 is 75.8 Å². The monoisotopic (exact) mass is 1090 g/mol. The Morgan fingerprint density at radius 2 is 1.20 bits per heavy atom. The van der Waals surface area contributed by atoms with Crippen LogP contribution in [0, 0.1) is 42.3 Å². The van der Waals surface area contributed by atoms with Gasteiger partial charge in [-0.05, 0) is 52.0 Å². The van der Waals surface area contributed by atoms with Crippen molar-refractivity contribution in [3.05, 3.63) is 121 Å².